The van der Waals surface area contributed by atoms with Crippen molar-refractivity contribution in [2.75, 3.05) is 18.1 Å². The van der Waals surface area contributed by atoms with Crippen molar-refractivity contribution in [1.29, 1.82) is 0 Å². The molecule has 2 heterocycles. The zero-order valence-electron chi connectivity index (χ0n) is 10.7. The molecule has 1 aliphatic heterocycles. The van der Waals surface area contributed by atoms with Crippen molar-refractivity contribution in [3.8, 4) is 0 Å². The van der Waals surface area contributed by atoms with Crippen LogP contribution in [0.25, 0.3) is 0 Å². The van der Waals surface area contributed by atoms with Gasteiger partial charge in [0.1, 0.15) is 16.0 Å². The molecule has 0 aromatic carbocycles. The summed E-state index contributed by atoms with van der Waals surface area (Å²) in [6.07, 6.45) is -0.0528. The van der Waals surface area contributed by atoms with E-state index in [0.717, 1.165) is 16.5 Å². The Bertz CT molecular complexity index is 445. The topological polar surface area (TPSA) is 59.4 Å². The lowest BCUT2D eigenvalue weighted by molar-refractivity contribution is 0.0699. The molecule has 100 valence electrons. The minimum atomic E-state index is -0.896. The zero-order chi connectivity index (χ0) is 13.3. The number of hydrogen-bond acceptors (Lipinski definition) is 5. The molecule has 0 spiro atoms. The largest absolute Gasteiger partial charge is 0.477 e. The van der Waals surface area contributed by atoms with E-state index in [1.54, 1.807) is 0 Å². The first-order valence-electron chi connectivity index (χ1n) is 5.83. The second-order valence-electron chi connectivity index (χ2n) is 5.22. The molecular weight excluding hydrogens is 270 g/mol. The summed E-state index contributed by atoms with van der Waals surface area (Å²) in [7, 11) is 0. The molecule has 18 heavy (non-hydrogen) atoms. The summed E-state index contributed by atoms with van der Waals surface area (Å²) in [4.78, 5) is 16.2. The van der Waals surface area contributed by atoms with Gasteiger partial charge >= 0.3 is 5.97 Å². The molecule has 2 rings (SSSR count). The smallest absolute Gasteiger partial charge is 0.347 e. The third-order valence-corrected chi connectivity index (χ3v) is 4.77. The van der Waals surface area contributed by atoms with Gasteiger partial charge in [-0.2, -0.15) is 11.8 Å². The van der Waals surface area contributed by atoms with E-state index in [2.05, 4.69) is 4.98 Å². The number of aromatic carboxylic acids is 1. The first-order chi connectivity index (χ1) is 8.39. The number of thiazole rings is 1. The van der Waals surface area contributed by atoms with Crippen molar-refractivity contribution in [1.82, 2.24) is 4.98 Å². The Hall–Kier alpha value is -0.590. The van der Waals surface area contributed by atoms with Crippen molar-refractivity contribution in [3.05, 3.63) is 15.6 Å². The van der Waals surface area contributed by atoms with Crippen molar-refractivity contribution in [2.45, 2.75) is 32.3 Å². The van der Waals surface area contributed by atoms with Gasteiger partial charge in [0.15, 0.2) is 0 Å². The molecule has 0 bridgehead atoms. The summed E-state index contributed by atoms with van der Waals surface area (Å²) in [6.45, 7) is 6.65. The molecule has 6 heteroatoms. The highest BCUT2D eigenvalue weighted by atomic mass is 32.2. The van der Waals surface area contributed by atoms with Gasteiger partial charge in [0.05, 0.1) is 12.3 Å². The van der Waals surface area contributed by atoms with Crippen LogP contribution in [-0.4, -0.2) is 34.2 Å². The van der Waals surface area contributed by atoms with Crippen LogP contribution < -0.4 is 0 Å². The average molecular weight is 287 g/mol. The molecule has 1 unspecified atom stereocenters. The van der Waals surface area contributed by atoms with Gasteiger partial charge < -0.3 is 9.84 Å². The normalized spacial score (nSPS) is 20.9. The van der Waals surface area contributed by atoms with Crippen LogP contribution in [0.1, 0.15) is 47.2 Å². The van der Waals surface area contributed by atoms with Crippen molar-refractivity contribution in [2.24, 2.45) is 0 Å². The highest BCUT2D eigenvalue weighted by Crippen LogP contribution is 2.35. The number of carbonyl (C=O) groups is 1. The summed E-state index contributed by atoms with van der Waals surface area (Å²) >= 11 is 3.08. The van der Waals surface area contributed by atoms with E-state index < -0.39 is 5.97 Å². The average Bonchev–Trinajstić information content (AvgIpc) is 2.74. The quantitative estimate of drug-likeness (QED) is 0.906. The van der Waals surface area contributed by atoms with E-state index in [1.165, 1.54) is 11.3 Å². The van der Waals surface area contributed by atoms with Crippen LogP contribution >= 0.6 is 23.1 Å². The SMILES string of the molecule is CC(C)(C)c1nc(C2CSCCO2)sc1C(=O)O. The predicted octanol–water partition coefficient (Wildman–Crippen LogP) is 2.94. The summed E-state index contributed by atoms with van der Waals surface area (Å²) in [6, 6.07) is 0. The molecule has 1 fully saturated rings. The molecule has 0 saturated carbocycles. The Balaban J connectivity index is 2.35. The molecule has 1 aliphatic rings. The lowest BCUT2D eigenvalue weighted by Crippen LogP contribution is -2.18. The fourth-order valence-corrected chi connectivity index (χ4v) is 3.88. The number of hydrogen-bond donors (Lipinski definition) is 1. The zero-order valence-corrected chi connectivity index (χ0v) is 12.4. The predicted molar refractivity (Wildman–Crippen MR) is 73.8 cm³/mol. The highest BCUT2D eigenvalue weighted by Gasteiger charge is 2.30. The van der Waals surface area contributed by atoms with E-state index >= 15 is 0 Å². The molecule has 1 N–H and O–H groups in total. The molecule has 1 aromatic heterocycles. The van der Waals surface area contributed by atoms with E-state index in [1.807, 2.05) is 32.5 Å². The van der Waals surface area contributed by atoms with Crippen molar-refractivity contribution < 1.29 is 14.6 Å². The molecule has 0 amide bonds. The Morgan fingerprint density at radius 1 is 1.50 bits per heavy atom. The first-order valence-corrected chi connectivity index (χ1v) is 7.80. The van der Waals surface area contributed by atoms with Crippen molar-refractivity contribution >= 4 is 29.1 Å². The Labute approximate surface area is 115 Å². The number of thioether (sulfide) groups is 1. The lowest BCUT2D eigenvalue weighted by atomic mass is 9.91. The monoisotopic (exact) mass is 287 g/mol. The van der Waals surface area contributed by atoms with Gasteiger partial charge in [-0.15, -0.1) is 11.3 Å². The molecule has 1 saturated heterocycles. The maximum atomic E-state index is 11.3. The number of carboxylic acids is 1. The fraction of sp³-hybridized carbons (Fsp3) is 0.667. The van der Waals surface area contributed by atoms with E-state index in [4.69, 9.17) is 4.74 Å². The molecular formula is C12H17NO3S2. The van der Waals surface area contributed by atoms with E-state index in [0.29, 0.717) is 17.2 Å². The Morgan fingerprint density at radius 2 is 2.22 bits per heavy atom. The summed E-state index contributed by atoms with van der Waals surface area (Å²) < 4.78 is 5.66. The van der Waals surface area contributed by atoms with Gasteiger partial charge in [0.2, 0.25) is 0 Å². The second kappa shape index (κ2) is 5.19. The standard InChI is InChI=1S/C12H17NO3S2/c1-12(2,3)9-8(11(14)15)18-10(13-9)7-6-17-5-4-16-7/h7H,4-6H2,1-3H3,(H,14,15). The van der Waals surface area contributed by atoms with Gasteiger partial charge in [0.25, 0.3) is 0 Å². The van der Waals surface area contributed by atoms with Crippen LogP contribution in [-0.2, 0) is 10.2 Å². The summed E-state index contributed by atoms with van der Waals surface area (Å²) in [5.74, 6) is 0.961. The molecule has 4 nitrogen and oxygen atoms in total. The number of aromatic nitrogens is 1. The lowest BCUT2D eigenvalue weighted by Gasteiger charge is -2.20. The molecule has 0 radical (unpaired) electrons. The molecule has 1 atom stereocenters. The Morgan fingerprint density at radius 3 is 2.67 bits per heavy atom. The fourth-order valence-electron chi connectivity index (χ4n) is 1.76. The summed E-state index contributed by atoms with van der Waals surface area (Å²) in [5, 5.41) is 10.1. The third kappa shape index (κ3) is 2.87. The highest BCUT2D eigenvalue weighted by molar-refractivity contribution is 7.99. The minimum Gasteiger partial charge on any atom is -0.477 e. The summed E-state index contributed by atoms with van der Waals surface area (Å²) in [5.41, 5.74) is 0.402. The maximum Gasteiger partial charge on any atom is 0.347 e. The Kier molecular flexibility index (Phi) is 3.99. The van der Waals surface area contributed by atoms with Gasteiger partial charge in [-0.3, -0.25) is 0 Å². The van der Waals surface area contributed by atoms with Crippen LogP contribution in [0, 0.1) is 0 Å². The van der Waals surface area contributed by atoms with Gasteiger partial charge in [-0.25, -0.2) is 9.78 Å². The second-order valence-corrected chi connectivity index (χ2v) is 7.40. The maximum absolute atomic E-state index is 11.3. The van der Waals surface area contributed by atoms with Gasteiger partial charge in [-0.05, 0) is 0 Å². The van der Waals surface area contributed by atoms with Crippen LogP contribution in [0.5, 0.6) is 0 Å². The number of rotatable bonds is 2. The molecule has 1 aromatic rings. The number of nitrogens with zero attached hydrogens (tertiary/aromatic N) is 1. The third-order valence-electron chi connectivity index (χ3n) is 2.64. The van der Waals surface area contributed by atoms with E-state index in [-0.39, 0.29) is 11.5 Å². The number of carboxylic acid groups (broad SMARTS) is 1. The van der Waals surface area contributed by atoms with Crippen LogP contribution in [0.4, 0.5) is 0 Å². The minimum absolute atomic E-state index is 0.0528. The van der Waals surface area contributed by atoms with E-state index in [9.17, 15) is 9.90 Å². The van der Waals surface area contributed by atoms with Gasteiger partial charge in [-0.1, -0.05) is 20.8 Å². The van der Waals surface area contributed by atoms with Crippen LogP contribution in [0.15, 0.2) is 0 Å². The first kappa shape index (κ1) is 13.8. The van der Waals surface area contributed by atoms with Crippen molar-refractivity contribution in [3.63, 3.8) is 0 Å². The van der Waals surface area contributed by atoms with Crippen LogP contribution in [0.2, 0.25) is 0 Å². The van der Waals surface area contributed by atoms with Crippen LogP contribution in [0.3, 0.4) is 0 Å². The van der Waals surface area contributed by atoms with Gasteiger partial charge in [0, 0.05) is 16.9 Å². The number of ether oxygens (including phenoxy) is 1. The molecule has 0 aliphatic carbocycles.